The molecule has 1 aliphatic carbocycles. The summed E-state index contributed by atoms with van der Waals surface area (Å²) >= 11 is 0. The molecule has 0 unspecified atom stereocenters. The van der Waals surface area contributed by atoms with Gasteiger partial charge in [0.2, 0.25) is 0 Å². The zero-order valence-electron chi connectivity index (χ0n) is 8.83. The lowest BCUT2D eigenvalue weighted by molar-refractivity contribution is 0.788. The summed E-state index contributed by atoms with van der Waals surface area (Å²) in [6.07, 6.45) is 4.56. The zero-order chi connectivity index (χ0) is 9.97. The molecular formula is C11H17N3. The standard InChI is InChI=1S/C11H17N3/c1-12-8-9-7-11(5-6-13-9)14(2)10-3-4-10/h5-7,10,12H,3-4,8H2,1-2H3. The normalized spacial score (nSPS) is 15.6. The molecule has 0 aromatic carbocycles. The molecule has 0 amide bonds. The van der Waals surface area contributed by atoms with E-state index in [0.717, 1.165) is 18.3 Å². The Balaban J connectivity index is 2.12. The summed E-state index contributed by atoms with van der Waals surface area (Å²) in [4.78, 5) is 6.65. The first kappa shape index (κ1) is 9.46. The Labute approximate surface area is 85.1 Å². The molecule has 0 spiro atoms. The average Bonchev–Trinajstić information content (AvgIpc) is 3.01. The first-order chi connectivity index (χ1) is 6.81. The van der Waals surface area contributed by atoms with Gasteiger partial charge in [0.1, 0.15) is 0 Å². The Kier molecular flexibility index (Phi) is 2.68. The molecule has 1 fully saturated rings. The quantitative estimate of drug-likeness (QED) is 0.779. The van der Waals surface area contributed by atoms with Crippen LogP contribution in [-0.4, -0.2) is 25.1 Å². The van der Waals surface area contributed by atoms with Crippen LogP contribution in [0.1, 0.15) is 18.5 Å². The van der Waals surface area contributed by atoms with Gasteiger partial charge in [-0.25, -0.2) is 0 Å². The van der Waals surface area contributed by atoms with Crippen molar-refractivity contribution in [2.24, 2.45) is 0 Å². The van der Waals surface area contributed by atoms with Crippen LogP contribution in [-0.2, 0) is 6.54 Å². The average molecular weight is 191 g/mol. The molecule has 1 N–H and O–H groups in total. The minimum absolute atomic E-state index is 0.764. The first-order valence-corrected chi connectivity index (χ1v) is 5.13. The molecule has 14 heavy (non-hydrogen) atoms. The molecule has 0 radical (unpaired) electrons. The lowest BCUT2D eigenvalue weighted by Crippen LogP contribution is -2.20. The Morgan fingerprint density at radius 1 is 1.57 bits per heavy atom. The summed E-state index contributed by atoms with van der Waals surface area (Å²) in [6, 6.07) is 5.01. The number of pyridine rings is 1. The maximum atomic E-state index is 4.30. The first-order valence-electron chi connectivity index (χ1n) is 5.13. The Hall–Kier alpha value is -1.09. The smallest absolute Gasteiger partial charge is 0.0562 e. The van der Waals surface area contributed by atoms with Gasteiger partial charge in [0.25, 0.3) is 0 Å². The van der Waals surface area contributed by atoms with E-state index in [-0.39, 0.29) is 0 Å². The summed E-state index contributed by atoms with van der Waals surface area (Å²) in [5, 5.41) is 3.11. The lowest BCUT2D eigenvalue weighted by atomic mass is 10.3. The second-order valence-corrected chi connectivity index (χ2v) is 3.88. The summed E-state index contributed by atoms with van der Waals surface area (Å²) in [6.45, 7) is 0.840. The third-order valence-electron chi connectivity index (χ3n) is 2.66. The van der Waals surface area contributed by atoms with Gasteiger partial charge >= 0.3 is 0 Å². The summed E-state index contributed by atoms with van der Waals surface area (Å²) in [5.41, 5.74) is 2.39. The molecule has 1 aromatic heterocycles. The van der Waals surface area contributed by atoms with E-state index >= 15 is 0 Å². The van der Waals surface area contributed by atoms with Crippen molar-refractivity contribution < 1.29 is 0 Å². The lowest BCUT2D eigenvalue weighted by Gasteiger charge is -2.18. The highest BCUT2D eigenvalue weighted by atomic mass is 15.2. The van der Waals surface area contributed by atoms with E-state index in [4.69, 9.17) is 0 Å². The van der Waals surface area contributed by atoms with Crippen LogP contribution in [0.15, 0.2) is 18.3 Å². The van der Waals surface area contributed by atoms with Crippen LogP contribution in [0, 0.1) is 0 Å². The topological polar surface area (TPSA) is 28.2 Å². The van der Waals surface area contributed by atoms with Gasteiger partial charge in [0.15, 0.2) is 0 Å². The maximum Gasteiger partial charge on any atom is 0.0562 e. The molecule has 3 nitrogen and oxygen atoms in total. The van der Waals surface area contributed by atoms with Gasteiger partial charge in [0.05, 0.1) is 5.69 Å². The van der Waals surface area contributed by atoms with Gasteiger partial charge in [-0.05, 0) is 32.0 Å². The maximum absolute atomic E-state index is 4.30. The van der Waals surface area contributed by atoms with E-state index in [9.17, 15) is 0 Å². The minimum Gasteiger partial charge on any atom is -0.372 e. The number of aromatic nitrogens is 1. The molecule has 1 aliphatic rings. The number of nitrogens with one attached hydrogen (secondary N) is 1. The van der Waals surface area contributed by atoms with Gasteiger partial charge in [-0.3, -0.25) is 4.98 Å². The SMILES string of the molecule is CNCc1cc(N(C)C2CC2)ccn1. The predicted molar refractivity (Wildman–Crippen MR) is 58.4 cm³/mol. The zero-order valence-corrected chi connectivity index (χ0v) is 8.83. The fraction of sp³-hybridized carbons (Fsp3) is 0.545. The second kappa shape index (κ2) is 3.96. The molecule has 76 valence electrons. The van der Waals surface area contributed by atoms with E-state index < -0.39 is 0 Å². The summed E-state index contributed by atoms with van der Waals surface area (Å²) in [5.74, 6) is 0. The van der Waals surface area contributed by atoms with Crippen molar-refractivity contribution in [2.75, 3.05) is 19.0 Å². The highest BCUT2D eigenvalue weighted by Gasteiger charge is 2.26. The van der Waals surface area contributed by atoms with E-state index in [1.54, 1.807) is 0 Å². The Morgan fingerprint density at radius 2 is 2.36 bits per heavy atom. The predicted octanol–water partition coefficient (Wildman–Crippen LogP) is 1.40. The third kappa shape index (κ3) is 2.04. The summed E-state index contributed by atoms with van der Waals surface area (Å²) < 4.78 is 0. The van der Waals surface area contributed by atoms with Crippen molar-refractivity contribution in [3.63, 3.8) is 0 Å². The fourth-order valence-electron chi connectivity index (χ4n) is 1.64. The molecule has 0 saturated heterocycles. The van der Waals surface area contributed by atoms with Crippen LogP contribution < -0.4 is 10.2 Å². The van der Waals surface area contributed by atoms with E-state index in [1.807, 2.05) is 13.2 Å². The van der Waals surface area contributed by atoms with Gasteiger partial charge in [-0.1, -0.05) is 0 Å². The molecule has 3 heteroatoms. The van der Waals surface area contributed by atoms with Crippen molar-refractivity contribution >= 4 is 5.69 Å². The van der Waals surface area contributed by atoms with Crippen LogP contribution in [0.4, 0.5) is 5.69 Å². The molecule has 2 rings (SSSR count). The largest absolute Gasteiger partial charge is 0.372 e. The van der Waals surface area contributed by atoms with Gasteiger partial charge in [-0.15, -0.1) is 0 Å². The number of hydrogen-bond acceptors (Lipinski definition) is 3. The van der Waals surface area contributed by atoms with Crippen molar-refractivity contribution in [3.8, 4) is 0 Å². The van der Waals surface area contributed by atoms with Crippen LogP contribution in [0.3, 0.4) is 0 Å². The molecule has 0 atom stereocenters. The third-order valence-corrected chi connectivity index (χ3v) is 2.66. The second-order valence-electron chi connectivity index (χ2n) is 3.88. The van der Waals surface area contributed by atoms with Gasteiger partial charge in [0, 0.05) is 31.5 Å². The number of anilines is 1. The number of nitrogens with zero attached hydrogens (tertiary/aromatic N) is 2. The fourth-order valence-corrected chi connectivity index (χ4v) is 1.64. The van der Waals surface area contributed by atoms with Crippen LogP contribution >= 0.6 is 0 Å². The van der Waals surface area contributed by atoms with E-state index in [1.165, 1.54) is 18.5 Å². The number of hydrogen-bond donors (Lipinski definition) is 1. The number of rotatable bonds is 4. The van der Waals surface area contributed by atoms with Crippen molar-refractivity contribution in [1.29, 1.82) is 0 Å². The molecular weight excluding hydrogens is 174 g/mol. The van der Waals surface area contributed by atoms with Crippen molar-refractivity contribution in [3.05, 3.63) is 24.0 Å². The van der Waals surface area contributed by atoms with E-state index in [0.29, 0.717) is 0 Å². The Bertz CT molecular complexity index is 307. The van der Waals surface area contributed by atoms with Gasteiger partial charge < -0.3 is 10.2 Å². The highest BCUT2D eigenvalue weighted by molar-refractivity contribution is 5.47. The van der Waals surface area contributed by atoms with Crippen LogP contribution in [0.25, 0.3) is 0 Å². The molecule has 1 heterocycles. The van der Waals surface area contributed by atoms with Crippen molar-refractivity contribution in [1.82, 2.24) is 10.3 Å². The monoisotopic (exact) mass is 191 g/mol. The van der Waals surface area contributed by atoms with Crippen LogP contribution in [0.2, 0.25) is 0 Å². The molecule has 1 aromatic rings. The molecule has 0 aliphatic heterocycles. The summed E-state index contributed by atoms with van der Waals surface area (Å²) in [7, 11) is 4.11. The molecule has 1 saturated carbocycles. The van der Waals surface area contributed by atoms with Gasteiger partial charge in [-0.2, -0.15) is 0 Å². The van der Waals surface area contributed by atoms with Crippen molar-refractivity contribution in [2.45, 2.75) is 25.4 Å². The van der Waals surface area contributed by atoms with E-state index in [2.05, 4.69) is 34.4 Å². The molecule has 0 bridgehead atoms. The minimum atomic E-state index is 0.764. The van der Waals surface area contributed by atoms with Crippen LogP contribution in [0.5, 0.6) is 0 Å². The highest BCUT2D eigenvalue weighted by Crippen LogP contribution is 2.29. The Morgan fingerprint density at radius 3 is 3.00 bits per heavy atom.